The van der Waals surface area contributed by atoms with Crippen molar-refractivity contribution in [3.8, 4) is 5.75 Å². The van der Waals surface area contributed by atoms with Gasteiger partial charge in [0.1, 0.15) is 5.75 Å². The van der Waals surface area contributed by atoms with Gasteiger partial charge in [0.15, 0.2) is 6.61 Å². The minimum Gasteiger partial charge on any atom is -0.484 e. The highest BCUT2D eigenvalue weighted by Gasteiger charge is 2.27. The highest BCUT2D eigenvalue weighted by atomic mass is 16.6. The number of carbonyl (C=O) groups is 1. The van der Waals surface area contributed by atoms with Crippen LogP contribution in [0.1, 0.15) is 41.0 Å². The third-order valence-corrected chi connectivity index (χ3v) is 2.87. The van der Waals surface area contributed by atoms with E-state index in [9.17, 15) is 14.9 Å². The molecule has 0 heterocycles. The fourth-order valence-electron chi connectivity index (χ4n) is 2.60. The zero-order valence-electron chi connectivity index (χ0n) is 13.8. The second-order valence-corrected chi connectivity index (χ2v) is 7.21. The molecule has 0 fully saturated rings. The monoisotopic (exact) mass is 308 g/mol. The lowest BCUT2D eigenvalue weighted by atomic mass is 9.82. The molecular formula is C16H24N2O4. The van der Waals surface area contributed by atoms with E-state index in [0.29, 0.717) is 5.75 Å². The number of nitro benzene ring substituents is 1. The van der Waals surface area contributed by atoms with Crippen molar-refractivity contribution in [3.63, 3.8) is 0 Å². The summed E-state index contributed by atoms with van der Waals surface area (Å²) in [5, 5.41) is 13.5. The van der Waals surface area contributed by atoms with E-state index < -0.39 is 4.92 Å². The molecule has 6 heteroatoms. The molecule has 0 aromatic heterocycles. The van der Waals surface area contributed by atoms with Gasteiger partial charge in [0, 0.05) is 17.7 Å². The molecule has 1 aromatic carbocycles. The van der Waals surface area contributed by atoms with Crippen LogP contribution in [-0.2, 0) is 4.79 Å². The van der Waals surface area contributed by atoms with Gasteiger partial charge in [-0.3, -0.25) is 14.9 Å². The lowest BCUT2D eigenvalue weighted by molar-refractivity contribution is -0.384. The smallest absolute Gasteiger partial charge is 0.269 e. The van der Waals surface area contributed by atoms with Gasteiger partial charge in [-0.2, -0.15) is 0 Å². The fourth-order valence-corrected chi connectivity index (χ4v) is 2.60. The number of nitro groups is 1. The first-order valence-electron chi connectivity index (χ1n) is 7.17. The quantitative estimate of drug-likeness (QED) is 0.645. The molecule has 1 N–H and O–H groups in total. The molecule has 6 nitrogen and oxygen atoms in total. The highest BCUT2D eigenvalue weighted by Crippen LogP contribution is 2.26. The van der Waals surface area contributed by atoms with Crippen LogP contribution in [0.5, 0.6) is 5.75 Å². The second-order valence-electron chi connectivity index (χ2n) is 7.21. The predicted octanol–water partition coefficient (Wildman–Crippen LogP) is 3.30. The summed E-state index contributed by atoms with van der Waals surface area (Å²) >= 11 is 0. The normalized spacial score (nSPS) is 11.9. The third-order valence-electron chi connectivity index (χ3n) is 2.87. The van der Waals surface area contributed by atoms with Gasteiger partial charge in [0.2, 0.25) is 0 Å². The van der Waals surface area contributed by atoms with E-state index in [4.69, 9.17) is 4.74 Å². The molecule has 0 unspecified atom stereocenters. The van der Waals surface area contributed by atoms with Crippen molar-refractivity contribution >= 4 is 11.6 Å². The van der Waals surface area contributed by atoms with Gasteiger partial charge in [-0.15, -0.1) is 0 Å². The van der Waals surface area contributed by atoms with E-state index in [1.54, 1.807) is 0 Å². The molecule has 1 aromatic rings. The molecule has 0 saturated carbocycles. The molecule has 0 aliphatic heterocycles. The predicted molar refractivity (Wildman–Crippen MR) is 84.9 cm³/mol. The van der Waals surface area contributed by atoms with Crippen molar-refractivity contribution in [2.45, 2.75) is 46.6 Å². The molecule has 1 amide bonds. The first-order valence-corrected chi connectivity index (χ1v) is 7.17. The Morgan fingerprint density at radius 1 is 1.18 bits per heavy atom. The highest BCUT2D eigenvalue weighted by molar-refractivity contribution is 5.78. The van der Waals surface area contributed by atoms with Crippen molar-refractivity contribution in [2.24, 2.45) is 5.41 Å². The Labute approximate surface area is 131 Å². The summed E-state index contributed by atoms with van der Waals surface area (Å²) in [4.78, 5) is 22.0. The summed E-state index contributed by atoms with van der Waals surface area (Å²) < 4.78 is 5.34. The molecule has 0 aliphatic rings. The van der Waals surface area contributed by atoms with E-state index in [0.717, 1.165) is 6.42 Å². The minimum atomic E-state index is -0.481. The number of nitrogens with zero attached hydrogens (tertiary/aromatic N) is 1. The average Bonchev–Trinajstić information content (AvgIpc) is 2.33. The van der Waals surface area contributed by atoms with Crippen LogP contribution >= 0.6 is 0 Å². The SMILES string of the molecule is CC(C)(C)CC(C)(C)NC(=O)COc1ccc([N+](=O)[O-])cc1. The lowest BCUT2D eigenvalue weighted by Crippen LogP contribution is -2.47. The number of hydrogen-bond donors (Lipinski definition) is 1. The molecular weight excluding hydrogens is 284 g/mol. The van der Waals surface area contributed by atoms with Crippen LogP contribution in [-0.4, -0.2) is 23.0 Å². The zero-order valence-corrected chi connectivity index (χ0v) is 13.8. The standard InChI is InChI=1S/C16H24N2O4/c1-15(2,3)11-16(4,5)17-14(19)10-22-13-8-6-12(7-9-13)18(20)21/h6-9H,10-11H2,1-5H3,(H,17,19). The molecule has 0 bridgehead atoms. The Hall–Kier alpha value is -2.11. The number of ether oxygens (including phenoxy) is 1. The summed E-state index contributed by atoms with van der Waals surface area (Å²) in [5.41, 5.74) is -0.229. The van der Waals surface area contributed by atoms with Gasteiger partial charge in [-0.25, -0.2) is 0 Å². The van der Waals surface area contributed by atoms with E-state index >= 15 is 0 Å². The molecule has 0 spiro atoms. The van der Waals surface area contributed by atoms with E-state index in [2.05, 4.69) is 26.1 Å². The van der Waals surface area contributed by atoms with Crippen molar-refractivity contribution in [1.29, 1.82) is 0 Å². The number of rotatable bonds is 6. The van der Waals surface area contributed by atoms with Crippen LogP contribution < -0.4 is 10.1 Å². The number of hydrogen-bond acceptors (Lipinski definition) is 4. The maximum Gasteiger partial charge on any atom is 0.269 e. The topological polar surface area (TPSA) is 81.5 Å². The fraction of sp³-hybridized carbons (Fsp3) is 0.562. The number of amides is 1. The van der Waals surface area contributed by atoms with Crippen molar-refractivity contribution in [2.75, 3.05) is 6.61 Å². The Bertz CT molecular complexity index is 530. The number of benzene rings is 1. The van der Waals surface area contributed by atoms with Gasteiger partial charge in [-0.1, -0.05) is 20.8 Å². The maximum absolute atomic E-state index is 11.9. The van der Waals surface area contributed by atoms with Crippen molar-refractivity contribution < 1.29 is 14.5 Å². The van der Waals surface area contributed by atoms with Crippen LogP contribution in [0.15, 0.2) is 24.3 Å². The first-order chi connectivity index (χ1) is 9.98. The molecule has 0 saturated heterocycles. The summed E-state index contributed by atoms with van der Waals surface area (Å²) in [5.74, 6) is 0.210. The summed E-state index contributed by atoms with van der Waals surface area (Å²) in [6.45, 7) is 10.2. The number of nitrogens with one attached hydrogen (secondary N) is 1. The molecule has 0 atom stereocenters. The average molecular weight is 308 g/mol. The zero-order chi connectivity index (χ0) is 17.0. The summed E-state index contributed by atoms with van der Waals surface area (Å²) in [6.07, 6.45) is 0.837. The molecule has 22 heavy (non-hydrogen) atoms. The van der Waals surface area contributed by atoms with Gasteiger partial charge in [0.25, 0.3) is 11.6 Å². The van der Waals surface area contributed by atoms with Gasteiger partial charge in [-0.05, 0) is 37.8 Å². The molecule has 0 aliphatic carbocycles. The Kier molecular flexibility index (Phi) is 5.52. The minimum absolute atomic E-state index is 0.0110. The lowest BCUT2D eigenvalue weighted by Gasteiger charge is -2.33. The van der Waals surface area contributed by atoms with E-state index in [1.165, 1.54) is 24.3 Å². The van der Waals surface area contributed by atoms with Gasteiger partial charge >= 0.3 is 0 Å². The third kappa shape index (κ3) is 6.56. The molecule has 0 radical (unpaired) electrons. The van der Waals surface area contributed by atoms with E-state index in [1.807, 2.05) is 13.8 Å². The largest absolute Gasteiger partial charge is 0.484 e. The Morgan fingerprint density at radius 2 is 1.73 bits per heavy atom. The van der Waals surface area contributed by atoms with Crippen LogP contribution in [0, 0.1) is 15.5 Å². The van der Waals surface area contributed by atoms with Crippen LogP contribution in [0.25, 0.3) is 0 Å². The Morgan fingerprint density at radius 3 is 2.18 bits per heavy atom. The Balaban J connectivity index is 2.50. The van der Waals surface area contributed by atoms with Crippen LogP contribution in [0.2, 0.25) is 0 Å². The van der Waals surface area contributed by atoms with E-state index in [-0.39, 0.29) is 29.2 Å². The molecule has 122 valence electrons. The van der Waals surface area contributed by atoms with Crippen molar-refractivity contribution in [1.82, 2.24) is 5.32 Å². The molecule has 1 rings (SSSR count). The summed E-state index contributed by atoms with van der Waals surface area (Å²) in [7, 11) is 0. The van der Waals surface area contributed by atoms with Crippen LogP contribution in [0.3, 0.4) is 0 Å². The van der Waals surface area contributed by atoms with Gasteiger partial charge in [0.05, 0.1) is 4.92 Å². The number of non-ortho nitro benzene ring substituents is 1. The number of carbonyl (C=O) groups excluding carboxylic acids is 1. The second kappa shape index (κ2) is 6.77. The first kappa shape index (κ1) is 17.9. The van der Waals surface area contributed by atoms with Crippen LogP contribution in [0.4, 0.5) is 5.69 Å². The maximum atomic E-state index is 11.9. The van der Waals surface area contributed by atoms with Gasteiger partial charge < -0.3 is 10.1 Å². The van der Waals surface area contributed by atoms with Crippen molar-refractivity contribution in [3.05, 3.63) is 34.4 Å². The summed E-state index contributed by atoms with van der Waals surface area (Å²) in [6, 6.07) is 5.64.